The van der Waals surface area contributed by atoms with Crippen LogP contribution in [0.15, 0.2) is 41.8 Å². The summed E-state index contributed by atoms with van der Waals surface area (Å²) in [7, 11) is 0. The minimum absolute atomic E-state index is 0.0574. The Kier molecular flexibility index (Phi) is 5.15. The predicted octanol–water partition coefficient (Wildman–Crippen LogP) is 1.60. The first-order valence-electron chi connectivity index (χ1n) is 9.47. The van der Waals surface area contributed by atoms with Crippen LogP contribution in [0, 0.1) is 0 Å². The quantitative estimate of drug-likeness (QED) is 0.665. The largest absolute Gasteiger partial charge is 0.396 e. The third kappa shape index (κ3) is 3.57. The zero-order valence-electron chi connectivity index (χ0n) is 15.2. The van der Waals surface area contributed by atoms with Gasteiger partial charge >= 0.3 is 0 Å². The average Bonchev–Trinajstić information content (AvgIpc) is 3.12. The molecule has 0 bridgehead atoms. The molecule has 0 atom stereocenters. The Morgan fingerprint density at radius 1 is 1.11 bits per heavy atom. The Bertz CT molecular complexity index is 958. The first-order chi connectivity index (χ1) is 13.3. The zero-order chi connectivity index (χ0) is 18.6. The van der Waals surface area contributed by atoms with E-state index in [1.165, 1.54) is 0 Å². The number of unbranched alkanes of at least 4 members (excludes halogenated alkanes) is 1. The lowest BCUT2D eigenvalue weighted by Gasteiger charge is -2.33. The van der Waals surface area contributed by atoms with Crippen molar-refractivity contribution in [1.29, 1.82) is 0 Å². The van der Waals surface area contributed by atoms with Crippen LogP contribution < -0.4 is 10.5 Å². The molecule has 4 heterocycles. The fraction of sp³-hybridized carbons (Fsp3) is 0.474. The van der Waals surface area contributed by atoms with Gasteiger partial charge in [0.2, 0.25) is 0 Å². The van der Waals surface area contributed by atoms with Crippen molar-refractivity contribution in [1.82, 2.24) is 24.1 Å². The molecule has 1 saturated heterocycles. The summed E-state index contributed by atoms with van der Waals surface area (Å²) >= 11 is 0. The van der Waals surface area contributed by atoms with Crippen molar-refractivity contribution in [3.63, 3.8) is 0 Å². The number of aliphatic hydroxyl groups excluding tert-OH is 1. The first-order valence-corrected chi connectivity index (χ1v) is 9.47. The number of aryl methyl sites for hydroxylation is 1. The number of rotatable bonds is 6. The Morgan fingerprint density at radius 2 is 1.96 bits per heavy atom. The highest BCUT2D eigenvalue weighted by molar-refractivity contribution is 5.83. The van der Waals surface area contributed by atoms with Gasteiger partial charge in [0.1, 0.15) is 6.33 Å². The lowest BCUT2D eigenvalue weighted by molar-refractivity contribution is 0.281. The van der Waals surface area contributed by atoms with E-state index in [0.717, 1.165) is 62.3 Å². The monoisotopic (exact) mass is 368 g/mol. The second-order valence-corrected chi connectivity index (χ2v) is 6.90. The van der Waals surface area contributed by atoms with E-state index < -0.39 is 0 Å². The van der Waals surface area contributed by atoms with Gasteiger partial charge in [-0.3, -0.25) is 4.79 Å². The molecule has 1 aliphatic heterocycles. The molecule has 0 aromatic carbocycles. The molecule has 3 aromatic heterocycles. The third-order valence-electron chi connectivity index (χ3n) is 5.20. The SMILES string of the molecule is O=c1ccccn1C1CCN(c2ncnc3c2ncn3CCCCO)CC1. The van der Waals surface area contributed by atoms with Gasteiger partial charge < -0.3 is 19.1 Å². The summed E-state index contributed by atoms with van der Waals surface area (Å²) in [5.74, 6) is 0.861. The van der Waals surface area contributed by atoms with Crippen LogP contribution in [0.25, 0.3) is 11.2 Å². The van der Waals surface area contributed by atoms with Crippen LogP contribution in [0.1, 0.15) is 31.7 Å². The molecule has 27 heavy (non-hydrogen) atoms. The number of fused-ring (bicyclic) bond motifs is 1. The number of nitrogens with zero attached hydrogens (tertiary/aromatic N) is 6. The Balaban J connectivity index is 1.51. The van der Waals surface area contributed by atoms with Crippen molar-refractivity contribution in [3.8, 4) is 0 Å². The number of aromatic nitrogens is 5. The maximum Gasteiger partial charge on any atom is 0.250 e. The van der Waals surface area contributed by atoms with Crippen LogP contribution in [0.5, 0.6) is 0 Å². The van der Waals surface area contributed by atoms with Crippen LogP contribution in [-0.2, 0) is 6.54 Å². The normalized spacial score (nSPS) is 15.5. The minimum Gasteiger partial charge on any atom is -0.396 e. The number of hydrogen-bond donors (Lipinski definition) is 1. The molecule has 0 aliphatic carbocycles. The fourth-order valence-corrected chi connectivity index (χ4v) is 3.75. The molecule has 0 spiro atoms. The molecule has 8 heteroatoms. The molecule has 142 valence electrons. The number of aliphatic hydroxyl groups is 1. The molecule has 0 amide bonds. The number of imidazole rings is 1. The highest BCUT2D eigenvalue weighted by Crippen LogP contribution is 2.28. The van der Waals surface area contributed by atoms with E-state index in [2.05, 4.69) is 19.9 Å². The Morgan fingerprint density at radius 3 is 2.74 bits per heavy atom. The van der Waals surface area contributed by atoms with E-state index in [4.69, 9.17) is 5.11 Å². The molecule has 0 unspecified atom stereocenters. The smallest absolute Gasteiger partial charge is 0.250 e. The average molecular weight is 368 g/mol. The van der Waals surface area contributed by atoms with E-state index >= 15 is 0 Å². The van der Waals surface area contributed by atoms with E-state index in [9.17, 15) is 4.79 Å². The predicted molar refractivity (Wildman–Crippen MR) is 103 cm³/mol. The summed E-state index contributed by atoms with van der Waals surface area (Å²) in [6.45, 7) is 2.64. The van der Waals surface area contributed by atoms with Crippen molar-refractivity contribution in [3.05, 3.63) is 47.4 Å². The highest BCUT2D eigenvalue weighted by Gasteiger charge is 2.24. The zero-order valence-corrected chi connectivity index (χ0v) is 15.2. The summed E-state index contributed by atoms with van der Waals surface area (Å²) < 4.78 is 3.86. The van der Waals surface area contributed by atoms with Gasteiger partial charge in [0.25, 0.3) is 5.56 Å². The Labute approximate surface area is 157 Å². The molecule has 1 aliphatic rings. The molecule has 8 nitrogen and oxygen atoms in total. The van der Waals surface area contributed by atoms with Crippen molar-refractivity contribution in [2.45, 2.75) is 38.3 Å². The molecular formula is C19H24N6O2. The van der Waals surface area contributed by atoms with Gasteiger partial charge in [-0.05, 0) is 31.7 Å². The maximum atomic E-state index is 12.1. The summed E-state index contributed by atoms with van der Waals surface area (Å²) in [6.07, 6.45) is 8.72. The van der Waals surface area contributed by atoms with Crippen LogP contribution in [0.3, 0.4) is 0 Å². The molecule has 1 N–H and O–H groups in total. The van der Waals surface area contributed by atoms with Crippen molar-refractivity contribution in [2.24, 2.45) is 0 Å². The standard InChI is InChI=1S/C19H24N6O2/c26-12-4-3-8-24-14-22-17-18(20-13-21-19(17)24)23-10-6-15(7-11-23)25-9-2-1-5-16(25)27/h1-2,5,9,13-15,26H,3-4,6-8,10-12H2. The minimum atomic E-state index is 0.0574. The van der Waals surface area contributed by atoms with E-state index in [0.29, 0.717) is 0 Å². The fourth-order valence-electron chi connectivity index (χ4n) is 3.75. The van der Waals surface area contributed by atoms with Crippen molar-refractivity contribution < 1.29 is 5.11 Å². The van der Waals surface area contributed by atoms with Gasteiger partial charge in [-0.1, -0.05) is 6.07 Å². The highest BCUT2D eigenvalue weighted by atomic mass is 16.2. The van der Waals surface area contributed by atoms with Gasteiger partial charge in [0.15, 0.2) is 17.0 Å². The second kappa shape index (κ2) is 7.87. The van der Waals surface area contributed by atoms with E-state index in [1.807, 2.05) is 21.4 Å². The lowest BCUT2D eigenvalue weighted by Crippen LogP contribution is -2.37. The second-order valence-electron chi connectivity index (χ2n) is 6.90. The topological polar surface area (TPSA) is 89.1 Å². The first kappa shape index (κ1) is 17.7. The lowest BCUT2D eigenvalue weighted by atomic mass is 10.0. The summed E-state index contributed by atoms with van der Waals surface area (Å²) in [5, 5.41) is 8.96. The van der Waals surface area contributed by atoms with Crippen LogP contribution in [0.2, 0.25) is 0 Å². The maximum absolute atomic E-state index is 12.1. The van der Waals surface area contributed by atoms with Crippen molar-refractivity contribution >= 4 is 17.0 Å². The van der Waals surface area contributed by atoms with Gasteiger partial charge in [-0.15, -0.1) is 0 Å². The van der Waals surface area contributed by atoms with Crippen LogP contribution in [0.4, 0.5) is 5.82 Å². The molecular weight excluding hydrogens is 344 g/mol. The molecule has 1 fully saturated rings. The number of pyridine rings is 1. The molecule has 0 saturated carbocycles. The van der Waals surface area contributed by atoms with Gasteiger partial charge in [0.05, 0.1) is 6.33 Å². The van der Waals surface area contributed by atoms with Crippen LogP contribution in [-0.4, -0.2) is 48.9 Å². The van der Waals surface area contributed by atoms with Crippen LogP contribution >= 0.6 is 0 Å². The van der Waals surface area contributed by atoms with Gasteiger partial charge in [-0.25, -0.2) is 15.0 Å². The van der Waals surface area contributed by atoms with E-state index in [1.54, 1.807) is 24.8 Å². The molecule has 0 radical (unpaired) electrons. The van der Waals surface area contributed by atoms with E-state index in [-0.39, 0.29) is 18.2 Å². The molecule has 4 rings (SSSR count). The number of piperidine rings is 1. The molecule has 3 aromatic rings. The Hall–Kier alpha value is -2.74. The van der Waals surface area contributed by atoms with Gasteiger partial charge in [-0.2, -0.15) is 0 Å². The summed E-state index contributed by atoms with van der Waals surface area (Å²) in [4.78, 5) is 27.7. The van der Waals surface area contributed by atoms with Crippen molar-refractivity contribution in [2.75, 3.05) is 24.6 Å². The summed E-state index contributed by atoms with van der Waals surface area (Å²) in [6, 6.07) is 5.53. The number of hydrogen-bond acceptors (Lipinski definition) is 6. The summed E-state index contributed by atoms with van der Waals surface area (Å²) in [5.41, 5.74) is 1.71. The third-order valence-corrected chi connectivity index (χ3v) is 5.20. The number of anilines is 1. The van der Waals surface area contributed by atoms with Gasteiger partial charge in [0, 0.05) is 44.5 Å².